The van der Waals surface area contributed by atoms with Crippen molar-refractivity contribution in [1.82, 2.24) is 5.06 Å². The maximum absolute atomic E-state index is 12.6. The fraction of sp³-hybridized carbons (Fsp3) is 0.100. The van der Waals surface area contributed by atoms with Gasteiger partial charge in [0.05, 0.1) is 18.0 Å². The molecule has 0 radical (unpaired) electrons. The number of hydrogen-bond donors (Lipinski definition) is 0. The first kappa shape index (κ1) is 20.8. The van der Waals surface area contributed by atoms with Gasteiger partial charge in [-0.1, -0.05) is 78.9 Å². The molecule has 0 saturated heterocycles. The van der Waals surface area contributed by atoms with Crippen LogP contribution in [0.2, 0.25) is 0 Å². The first-order valence-electron chi connectivity index (χ1n) is 7.96. The van der Waals surface area contributed by atoms with E-state index in [2.05, 4.69) is 0 Å². The van der Waals surface area contributed by atoms with Gasteiger partial charge in [-0.15, -0.1) is 0 Å². The average molecular weight is 377 g/mol. The molecule has 0 unspecified atom stereocenters. The van der Waals surface area contributed by atoms with E-state index in [1.165, 1.54) is 17.2 Å². The van der Waals surface area contributed by atoms with Crippen LogP contribution in [0.25, 0.3) is 0 Å². The number of hydroxylamine groups is 2. The zero-order chi connectivity index (χ0) is 17.5. The molecule has 3 aromatic rings. The van der Waals surface area contributed by atoms with Crippen molar-refractivity contribution in [1.29, 1.82) is 0 Å². The van der Waals surface area contributed by atoms with Gasteiger partial charge in [-0.2, -0.15) is 17.8 Å². The molecular formula is C20H20NNaO3S. The first-order chi connectivity index (χ1) is 12.1. The molecule has 0 heterocycles. The van der Waals surface area contributed by atoms with E-state index in [0.29, 0.717) is 13.1 Å². The monoisotopic (exact) mass is 377 g/mol. The summed E-state index contributed by atoms with van der Waals surface area (Å²) in [5.74, 6) is 0. The fourth-order valence-electron chi connectivity index (χ4n) is 2.45. The second kappa shape index (κ2) is 10.0. The van der Waals surface area contributed by atoms with Gasteiger partial charge < -0.3 is 1.43 Å². The molecular weight excluding hydrogens is 357 g/mol. The molecule has 3 rings (SSSR count). The van der Waals surface area contributed by atoms with Gasteiger partial charge >= 0.3 is 39.7 Å². The molecule has 0 spiro atoms. The van der Waals surface area contributed by atoms with Crippen molar-refractivity contribution >= 4 is 10.1 Å². The van der Waals surface area contributed by atoms with Crippen molar-refractivity contribution in [2.45, 2.75) is 18.0 Å². The Kier molecular flexibility index (Phi) is 8.03. The summed E-state index contributed by atoms with van der Waals surface area (Å²) in [7, 11) is -3.87. The summed E-state index contributed by atoms with van der Waals surface area (Å²) < 4.78 is 30.6. The van der Waals surface area contributed by atoms with E-state index in [9.17, 15) is 8.42 Å². The molecule has 0 atom stereocenters. The topological polar surface area (TPSA) is 46.6 Å². The van der Waals surface area contributed by atoms with Crippen LogP contribution >= 0.6 is 0 Å². The SMILES string of the molecule is O=S(=O)(ON(Cc1ccccc1)Cc1ccccc1)c1ccccc1.[H-].[Na+]. The van der Waals surface area contributed by atoms with Crippen LogP contribution in [-0.4, -0.2) is 13.5 Å². The second-order valence-corrected chi connectivity index (χ2v) is 7.14. The third-order valence-corrected chi connectivity index (χ3v) is 4.90. The van der Waals surface area contributed by atoms with Crippen molar-refractivity contribution in [2.75, 3.05) is 0 Å². The van der Waals surface area contributed by atoms with E-state index in [1.54, 1.807) is 18.2 Å². The standard InChI is InChI=1S/C20H19NO3S.Na.H/c22-25(23,20-14-8-3-9-15-20)24-21(16-18-10-4-1-5-11-18)17-19-12-6-2-7-13-19;;/h1-15H,16-17H2;;/q;+1;-1. The van der Waals surface area contributed by atoms with Crippen LogP contribution < -0.4 is 29.6 Å². The minimum atomic E-state index is -3.87. The van der Waals surface area contributed by atoms with Gasteiger partial charge in [0.15, 0.2) is 0 Å². The summed E-state index contributed by atoms with van der Waals surface area (Å²) in [4.78, 5) is 0.140. The zero-order valence-electron chi connectivity index (χ0n) is 15.7. The summed E-state index contributed by atoms with van der Waals surface area (Å²) in [6.45, 7) is 0.726. The Labute approximate surface area is 178 Å². The summed E-state index contributed by atoms with van der Waals surface area (Å²) in [6, 6.07) is 27.5. The van der Waals surface area contributed by atoms with Gasteiger partial charge in [-0.3, -0.25) is 0 Å². The maximum atomic E-state index is 12.6. The van der Waals surface area contributed by atoms with Crippen molar-refractivity contribution < 1.29 is 43.7 Å². The average Bonchev–Trinajstić information content (AvgIpc) is 2.64. The molecule has 3 aromatic carbocycles. The predicted molar refractivity (Wildman–Crippen MR) is 98.0 cm³/mol. The molecule has 4 nitrogen and oxygen atoms in total. The molecule has 26 heavy (non-hydrogen) atoms. The molecule has 0 amide bonds. The molecule has 0 saturated carbocycles. The Bertz CT molecular complexity index is 853. The molecule has 0 fully saturated rings. The van der Waals surface area contributed by atoms with Crippen LogP contribution in [0.1, 0.15) is 12.6 Å². The summed E-state index contributed by atoms with van der Waals surface area (Å²) in [5.41, 5.74) is 1.95. The summed E-state index contributed by atoms with van der Waals surface area (Å²) >= 11 is 0. The second-order valence-electron chi connectivity index (χ2n) is 5.61. The molecule has 0 aliphatic carbocycles. The quantitative estimate of drug-likeness (QED) is 0.457. The van der Waals surface area contributed by atoms with Crippen molar-refractivity contribution in [3.8, 4) is 0 Å². The van der Waals surface area contributed by atoms with E-state index in [4.69, 9.17) is 4.28 Å². The molecule has 0 N–H and O–H groups in total. The van der Waals surface area contributed by atoms with Crippen molar-refractivity contribution in [3.63, 3.8) is 0 Å². The van der Waals surface area contributed by atoms with Gasteiger partial charge in [0, 0.05) is 0 Å². The number of benzene rings is 3. The predicted octanol–water partition coefficient (Wildman–Crippen LogP) is 1.13. The largest absolute Gasteiger partial charge is 1.00 e. The van der Waals surface area contributed by atoms with Crippen molar-refractivity contribution in [3.05, 3.63) is 102 Å². The van der Waals surface area contributed by atoms with E-state index in [1.807, 2.05) is 60.7 Å². The molecule has 130 valence electrons. The minimum Gasteiger partial charge on any atom is -1.00 e. The van der Waals surface area contributed by atoms with Crippen molar-refractivity contribution in [2.24, 2.45) is 0 Å². The molecule has 0 aliphatic rings. The van der Waals surface area contributed by atoms with Crippen LogP contribution in [0.5, 0.6) is 0 Å². The Hall–Kier alpha value is -1.47. The van der Waals surface area contributed by atoms with Gasteiger partial charge in [-0.05, 0) is 23.3 Å². The summed E-state index contributed by atoms with van der Waals surface area (Å²) in [6.07, 6.45) is 0. The maximum Gasteiger partial charge on any atom is 1.00 e. The van der Waals surface area contributed by atoms with E-state index in [-0.39, 0.29) is 35.9 Å². The Balaban J connectivity index is 0.00000182. The normalized spacial score (nSPS) is 11.1. The molecule has 0 aromatic heterocycles. The van der Waals surface area contributed by atoms with Gasteiger partial charge in [0.25, 0.3) is 0 Å². The number of rotatable bonds is 7. The Morgan fingerprint density at radius 2 is 1.08 bits per heavy atom. The Morgan fingerprint density at radius 1 is 0.692 bits per heavy atom. The van der Waals surface area contributed by atoms with E-state index < -0.39 is 10.1 Å². The number of hydrogen-bond acceptors (Lipinski definition) is 4. The Morgan fingerprint density at radius 3 is 1.50 bits per heavy atom. The first-order valence-corrected chi connectivity index (χ1v) is 9.37. The summed E-state index contributed by atoms with van der Waals surface area (Å²) in [5, 5.41) is 1.47. The van der Waals surface area contributed by atoms with Crippen LogP contribution in [0.4, 0.5) is 0 Å². The minimum absolute atomic E-state index is 0. The fourth-order valence-corrected chi connectivity index (χ4v) is 3.41. The van der Waals surface area contributed by atoms with Crippen LogP contribution in [-0.2, 0) is 27.5 Å². The van der Waals surface area contributed by atoms with Crippen LogP contribution in [0.3, 0.4) is 0 Å². The van der Waals surface area contributed by atoms with Gasteiger partial charge in [0.2, 0.25) is 0 Å². The zero-order valence-corrected chi connectivity index (χ0v) is 17.5. The van der Waals surface area contributed by atoms with Gasteiger partial charge in [0.1, 0.15) is 0 Å². The van der Waals surface area contributed by atoms with E-state index in [0.717, 1.165) is 11.1 Å². The van der Waals surface area contributed by atoms with Crippen LogP contribution in [0.15, 0.2) is 95.9 Å². The molecule has 0 aliphatic heterocycles. The third-order valence-electron chi connectivity index (χ3n) is 3.64. The van der Waals surface area contributed by atoms with Crippen LogP contribution in [0, 0.1) is 0 Å². The number of nitrogens with zero attached hydrogens (tertiary/aromatic N) is 1. The smallest absolute Gasteiger partial charge is 1.00 e. The van der Waals surface area contributed by atoms with E-state index >= 15 is 0 Å². The molecule has 6 heteroatoms. The van der Waals surface area contributed by atoms with Gasteiger partial charge in [-0.25, -0.2) is 0 Å². The third kappa shape index (κ3) is 6.06. The molecule has 0 bridgehead atoms.